The molecule has 4 rings (SSSR count). The Morgan fingerprint density at radius 2 is 2.08 bits per heavy atom. The van der Waals surface area contributed by atoms with Crippen LogP contribution in [0, 0.1) is 0 Å². The van der Waals surface area contributed by atoms with E-state index in [1.54, 1.807) is 25.4 Å². The lowest BCUT2D eigenvalue weighted by Gasteiger charge is -2.10. The number of aromatic nitrogens is 3. The molecule has 0 bridgehead atoms. The normalized spacial score (nSPS) is 13.3. The number of halogens is 1. The number of carbonyl (C=O) groups is 1. The molecule has 0 radical (unpaired) electrons. The molecule has 7 heteroatoms. The van der Waals surface area contributed by atoms with E-state index < -0.39 is 0 Å². The monoisotopic (exact) mass is 354 g/mol. The van der Waals surface area contributed by atoms with E-state index >= 15 is 0 Å². The van der Waals surface area contributed by atoms with Gasteiger partial charge >= 0.3 is 0 Å². The molecule has 25 heavy (non-hydrogen) atoms. The molecule has 3 heterocycles. The van der Waals surface area contributed by atoms with Crippen LogP contribution in [0.5, 0.6) is 5.75 Å². The quantitative estimate of drug-likeness (QED) is 0.757. The van der Waals surface area contributed by atoms with Crippen molar-refractivity contribution in [2.75, 3.05) is 13.7 Å². The Hall–Kier alpha value is -2.86. The molecule has 1 amide bonds. The highest BCUT2D eigenvalue weighted by atomic mass is 35.5. The molecule has 126 valence electrons. The molecule has 0 saturated heterocycles. The number of methoxy groups -OCH3 is 1. The van der Waals surface area contributed by atoms with Crippen molar-refractivity contribution in [3.05, 3.63) is 52.8 Å². The van der Waals surface area contributed by atoms with Gasteiger partial charge in [-0.25, -0.2) is 9.97 Å². The molecule has 1 aliphatic rings. The van der Waals surface area contributed by atoms with E-state index in [-0.39, 0.29) is 5.91 Å². The minimum absolute atomic E-state index is 0.0590. The maximum Gasteiger partial charge on any atom is 0.253 e. The van der Waals surface area contributed by atoms with Crippen molar-refractivity contribution in [1.29, 1.82) is 0 Å². The van der Waals surface area contributed by atoms with Crippen LogP contribution in [0.25, 0.3) is 22.8 Å². The Morgan fingerprint density at radius 3 is 2.84 bits per heavy atom. The van der Waals surface area contributed by atoms with Gasteiger partial charge in [-0.15, -0.1) is 0 Å². The van der Waals surface area contributed by atoms with Gasteiger partial charge in [0.1, 0.15) is 5.75 Å². The topological polar surface area (TPSA) is 79.9 Å². The molecule has 1 aromatic carbocycles. The number of nitrogens with zero attached hydrogens (tertiary/aromatic N) is 2. The van der Waals surface area contributed by atoms with Crippen molar-refractivity contribution in [2.45, 2.75) is 6.42 Å². The molecule has 0 spiro atoms. The zero-order valence-corrected chi connectivity index (χ0v) is 14.2. The molecule has 1 aliphatic heterocycles. The average molecular weight is 355 g/mol. The number of fused-ring (bicyclic) bond motifs is 1. The number of carbonyl (C=O) groups excluding carboxylic acids is 1. The highest BCUT2D eigenvalue weighted by molar-refractivity contribution is 6.33. The van der Waals surface area contributed by atoms with Crippen molar-refractivity contribution in [3.8, 4) is 28.5 Å². The lowest BCUT2D eigenvalue weighted by atomic mass is 10.1. The van der Waals surface area contributed by atoms with Crippen molar-refractivity contribution >= 4 is 17.5 Å². The summed E-state index contributed by atoms with van der Waals surface area (Å²) in [5.41, 5.74) is 3.82. The summed E-state index contributed by atoms with van der Waals surface area (Å²) in [5, 5.41) is 3.35. The fourth-order valence-corrected chi connectivity index (χ4v) is 3.13. The second kappa shape index (κ2) is 6.22. The molecule has 2 N–H and O–H groups in total. The van der Waals surface area contributed by atoms with Crippen molar-refractivity contribution < 1.29 is 9.53 Å². The molecule has 3 aromatic rings. The van der Waals surface area contributed by atoms with Gasteiger partial charge in [-0.2, -0.15) is 0 Å². The molecular formula is C18H15ClN4O2. The Morgan fingerprint density at radius 1 is 1.20 bits per heavy atom. The molecule has 0 atom stereocenters. The first-order chi connectivity index (χ1) is 12.2. The van der Waals surface area contributed by atoms with Crippen LogP contribution in [0.2, 0.25) is 5.02 Å². The minimum atomic E-state index is -0.0590. The van der Waals surface area contributed by atoms with E-state index in [9.17, 15) is 4.79 Å². The lowest BCUT2D eigenvalue weighted by Crippen LogP contribution is -2.31. The van der Waals surface area contributed by atoms with Gasteiger partial charge in [-0.05, 0) is 30.3 Å². The highest BCUT2D eigenvalue weighted by Gasteiger charge is 2.20. The van der Waals surface area contributed by atoms with Crippen LogP contribution < -0.4 is 10.1 Å². The number of H-pyrrole nitrogens is 1. The Kier molecular flexibility index (Phi) is 3.89. The summed E-state index contributed by atoms with van der Waals surface area (Å²) in [4.78, 5) is 24.1. The number of nitrogens with one attached hydrogen (secondary N) is 2. The molecule has 6 nitrogen and oxygen atoms in total. The van der Waals surface area contributed by atoms with Crippen molar-refractivity contribution in [2.24, 2.45) is 0 Å². The van der Waals surface area contributed by atoms with E-state index in [0.717, 1.165) is 23.4 Å². The molecule has 0 saturated carbocycles. The van der Waals surface area contributed by atoms with E-state index in [0.29, 0.717) is 34.4 Å². The molecular weight excluding hydrogens is 340 g/mol. The summed E-state index contributed by atoms with van der Waals surface area (Å²) in [6.45, 7) is 0.641. The van der Waals surface area contributed by atoms with Crippen LogP contribution in [0.1, 0.15) is 16.1 Å². The van der Waals surface area contributed by atoms with Crippen molar-refractivity contribution in [1.82, 2.24) is 20.3 Å². The number of hydrogen-bond donors (Lipinski definition) is 2. The zero-order valence-electron chi connectivity index (χ0n) is 13.5. The van der Waals surface area contributed by atoms with Crippen LogP contribution in [-0.4, -0.2) is 34.5 Å². The molecule has 0 unspecified atom stereocenters. The zero-order chi connectivity index (χ0) is 17.4. The van der Waals surface area contributed by atoms with Gasteiger partial charge in [-0.3, -0.25) is 4.79 Å². The van der Waals surface area contributed by atoms with E-state index in [1.807, 2.05) is 18.2 Å². The van der Waals surface area contributed by atoms with Gasteiger partial charge in [0.05, 0.1) is 29.1 Å². The highest BCUT2D eigenvalue weighted by Crippen LogP contribution is 2.30. The van der Waals surface area contributed by atoms with Crippen LogP contribution in [0.4, 0.5) is 0 Å². The van der Waals surface area contributed by atoms with Crippen LogP contribution in [-0.2, 0) is 6.42 Å². The first-order valence-electron chi connectivity index (χ1n) is 7.83. The third-order valence-corrected chi connectivity index (χ3v) is 4.47. The standard InChI is InChI=1S/C18H15ClN4O2/c1-25-10-2-3-11(13(19)8-10)17-20-6-5-15(23-17)16-9-12-14(22-16)4-7-21-18(12)24/h2-3,5-6,8-9,22H,4,7H2,1H3,(H,21,24). The van der Waals surface area contributed by atoms with Gasteiger partial charge in [0.25, 0.3) is 5.91 Å². The maximum absolute atomic E-state index is 11.9. The summed E-state index contributed by atoms with van der Waals surface area (Å²) in [5.74, 6) is 1.13. The third kappa shape index (κ3) is 2.85. The Balaban J connectivity index is 1.74. The third-order valence-electron chi connectivity index (χ3n) is 4.15. The first-order valence-corrected chi connectivity index (χ1v) is 8.21. The average Bonchev–Trinajstić information content (AvgIpc) is 3.07. The number of amides is 1. The van der Waals surface area contributed by atoms with Crippen LogP contribution in [0.15, 0.2) is 36.5 Å². The smallest absolute Gasteiger partial charge is 0.253 e. The number of rotatable bonds is 3. The maximum atomic E-state index is 11.9. The van der Waals surface area contributed by atoms with Crippen LogP contribution >= 0.6 is 11.6 Å². The fourth-order valence-electron chi connectivity index (χ4n) is 2.87. The van der Waals surface area contributed by atoms with Crippen molar-refractivity contribution in [3.63, 3.8) is 0 Å². The van der Waals surface area contributed by atoms with Gasteiger partial charge in [0.2, 0.25) is 0 Å². The van der Waals surface area contributed by atoms with E-state index in [1.165, 1.54) is 0 Å². The Labute approximate surface area is 149 Å². The van der Waals surface area contributed by atoms with Crippen LogP contribution in [0.3, 0.4) is 0 Å². The second-order valence-electron chi connectivity index (χ2n) is 5.69. The number of hydrogen-bond acceptors (Lipinski definition) is 4. The number of benzene rings is 1. The summed E-state index contributed by atoms with van der Waals surface area (Å²) < 4.78 is 5.17. The second-order valence-corrected chi connectivity index (χ2v) is 6.10. The molecule has 0 fully saturated rings. The molecule has 0 aliphatic carbocycles. The lowest BCUT2D eigenvalue weighted by molar-refractivity contribution is 0.0946. The fraction of sp³-hybridized carbons (Fsp3) is 0.167. The van der Waals surface area contributed by atoms with Gasteiger partial charge in [0, 0.05) is 30.4 Å². The van der Waals surface area contributed by atoms with E-state index in [4.69, 9.17) is 16.3 Å². The summed E-state index contributed by atoms with van der Waals surface area (Å²) in [6, 6.07) is 8.99. The summed E-state index contributed by atoms with van der Waals surface area (Å²) >= 11 is 6.32. The van der Waals surface area contributed by atoms with Gasteiger partial charge in [0.15, 0.2) is 5.82 Å². The predicted octanol–water partition coefficient (Wildman–Crippen LogP) is 3.09. The number of ether oxygens (including phenoxy) is 1. The molecule has 2 aromatic heterocycles. The summed E-state index contributed by atoms with van der Waals surface area (Å²) in [7, 11) is 1.59. The predicted molar refractivity (Wildman–Crippen MR) is 94.9 cm³/mol. The van der Waals surface area contributed by atoms with E-state index in [2.05, 4.69) is 20.3 Å². The van der Waals surface area contributed by atoms with Gasteiger partial charge in [-0.1, -0.05) is 11.6 Å². The largest absolute Gasteiger partial charge is 0.497 e. The minimum Gasteiger partial charge on any atom is -0.497 e. The Bertz CT molecular complexity index is 967. The first kappa shape index (κ1) is 15.7. The summed E-state index contributed by atoms with van der Waals surface area (Å²) in [6.07, 6.45) is 2.46. The van der Waals surface area contributed by atoms with Gasteiger partial charge < -0.3 is 15.0 Å². The SMILES string of the molecule is COc1ccc(-c2nccc(-c3cc4c([nH]3)CCNC4=O)n2)c(Cl)c1. The number of aromatic amines is 1.